The maximum absolute atomic E-state index is 6.12. The van der Waals surface area contributed by atoms with E-state index in [0.717, 1.165) is 22.8 Å². The van der Waals surface area contributed by atoms with Gasteiger partial charge in [0, 0.05) is 22.0 Å². The molecule has 5 heteroatoms. The summed E-state index contributed by atoms with van der Waals surface area (Å²) in [6.45, 7) is 4.72. The van der Waals surface area contributed by atoms with Gasteiger partial charge in [0.15, 0.2) is 0 Å². The van der Waals surface area contributed by atoms with Gasteiger partial charge in [-0.2, -0.15) is 11.8 Å². The summed E-state index contributed by atoms with van der Waals surface area (Å²) in [5.41, 5.74) is 7.32. The minimum Gasteiger partial charge on any atom is -0.330 e. The normalized spacial score (nSPS) is 12.8. The Kier molecular flexibility index (Phi) is 5.90. The van der Waals surface area contributed by atoms with Crippen molar-refractivity contribution in [2.75, 3.05) is 12.3 Å². The summed E-state index contributed by atoms with van der Waals surface area (Å²) in [4.78, 5) is 4.20. The van der Waals surface area contributed by atoms with Crippen molar-refractivity contribution >= 4 is 35.0 Å². The summed E-state index contributed by atoms with van der Waals surface area (Å²) in [7, 11) is 0. The molecule has 2 nitrogen and oxygen atoms in total. The van der Waals surface area contributed by atoms with Gasteiger partial charge in [0.2, 0.25) is 0 Å². The van der Waals surface area contributed by atoms with Crippen LogP contribution in [0.2, 0.25) is 10.2 Å². The van der Waals surface area contributed by atoms with Gasteiger partial charge in [-0.1, -0.05) is 30.1 Å². The van der Waals surface area contributed by atoms with Crippen molar-refractivity contribution in [3.8, 4) is 0 Å². The summed E-state index contributed by atoms with van der Waals surface area (Å²) in [5, 5.41) is 1.21. The number of nitrogens with two attached hydrogens (primary N) is 1. The fourth-order valence-corrected chi connectivity index (χ4v) is 3.16. The SMILES string of the molecule is Cc1cc(Cl)c(CSCC(C)CN)c(Cl)n1. The van der Waals surface area contributed by atoms with Crippen molar-refractivity contribution in [1.29, 1.82) is 0 Å². The van der Waals surface area contributed by atoms with Crippen LogP contribution in [-0.4, -0.2) is 17.3 Å². The smallest absolute Gasteiger partial charge is 0.134 e. The first kappa shape index (κ1) is 14.1. The quantitative estimate of drug-likeness (QED) is 0.838. The van der Waals surface area contributed by atoms with E-state index in [1.807, 2.05) is 13.0 Å². The fraction of sp³-hybridized carbons (Fsp3) is 0.545. The molecule has 0 aliphatic heterocycles. The third-order valence-electron chi connectivity index (χ3n) is 2.20. The van der Waals surface area contributed by atoms with E-state index in [4.69, 9.17) is 28.9 Å². The van der Waals surface area contributed by atoms with Gasteiger partial charge in [0.05, 0.1) is 0 Å². The molecule has 0 amide bonds. The molecule has 1 aromatic rings. The van der Waals surface area contributed by atoms with Crippen LogP contribution in [0, 0.1) is 12.8 Å². The Morgan fingerprint density at radius 2 is 2.19 bits per heavy atom. The summed E-state index contributed by atoms with van der Waals surface area (Å²) < 4.78 is 0. The largest absolute Gasteiger partial charge is 0.330 e. The number of hydrogen-bond acceptors (Lipinski definition) is 3. The molecule has 0 radical (unpaired) electrons. The Morgan fingerprint density at radius 1 is 1.50 bits per heavy atom. The Bertz CT molecular complexity index is 335. The van der Waals surface area contributed by atoms with Crippen LogP contribution in [0.1, 0.15) is 18.2 Å². The van der Waals surface area contributed by atoms with Crippen LogP contribution >= 0.6 is 35.0 Å². The zero-order chi connectivity index (χ0) is 12.1. The number of aryl methyl sites for hydroxylation is 1. The van der Waals surface area contributed by atoms with Crippen molar-refractivity contribution in [1.82, 2.24) is 4.98 Å². The fourth-order valence-electron chi connectivity index (χ4n) is 1.18. The van der Waals surface area contributed by atoms with Crippen molar-refractivity contribution in [3.63, 3.8) is 0 Å². The first-order valence-electron chi connectivity index (χ1n) is 5.14. The van der Waals surface area contributed by atoms with Crippen molar-refractivity contribution < 1.29 is 0 Å². The molecular weight excluding hydrogens is 263 g/mol. The second-order valence-corrected chi connectivity index (χ2v) is 5.67. The number of thioether (sulfide) groups is 1. The first-order valence-corrected chi connectivity index (χ1v) is 7.05. The average Bonchev–Trinajstić information content (AvgIpc) is 2.21. The molecule has 1 atom stereocenters. The molecule has 0 bridgehead atoms. The lowest BCUT2D eigenvalue weighted by Crippen LogP contribution is -2.12. The van der Waals surface area contributed by atoms with E-state index in [9.17, 15) is 0 Å². The first-order chi connectivity index (χ1) is 7.54. The molecule has 1 unspecified atom stereocenters. The van der Waals surface area contributed by atoms with Gasteiger partial charge < -0.3 is 5.73 Å². The van der Waals surface area contributed by atoms with E-state index in [2.05, 4.69) is 11.9 Å². The molecular formula is C11H16Cl2N2S. The molecule has 1 aromatic heterocycles. The molecule has 1 rings (SSSR count). The third kappa shape index (κ3) is 4.13. The van der Waals surface area contributed by atoms with E-state index >= 15 is 0 Å². The van der Waals surface area contributed by atoms with Gasteiger partial charge in [-0.05, 0) is 31.2 Å². The molecule has 0 aromatic carbocycles. The highest BCUT2D eigenvalue weighted by Gasteiger charge is 2.09. The summed E-state index contributed by atoms with van der Waals surface area (Å²) in [5.74, 6) is 2.31. The van der Waals surface area contributed by atoms with E-state index in [-0.39, 0.29) is 0 Å². The Balaban J connectivity index is 2.60. The van der Waals surface area contributed by atoms with Crippen LogP contribution in [-0.2, 0) is 5.75 Å². The number of aromatic nitrogens is 1. The standard InChI is InChI=1S/C11H16Cl2N2S/c1-7(4-14)5-16-6-9-10(12)3-8(2)15-11(9)13/h3,7H,4-6,14H2,1-2H3. The van der Waals surface area contributed by atoms with Crippen LogP contribution in [0.3, 0.4) is 0 Å². The van der Waals surface area contributed by atoms with Crippen LogP contribution < -0.4 is 5.73 Å². The zero-order valence-corrected chi connectivity index (χ0v) is 11.8. The van der Waals surface area contributed by atoms with Crippen LogP contribution in [0.5, 0.6) is 0 Å². The van der Waals surface area contributed by atoms with Crippen LogP contribution in [0.25, 0.3) is 0 Å². The van der Waals surface area contributed by atoms with E-state index in [1.165, 1.54) is 0 Å². The lowest BCUT2D eigenvalue weighted by molar-refractivity contribution is 0.675. The number of rotatable bonds is 5. The topological polar surface area (TPSA) is 38.9 Å². The molecule has 2 N–H and O–H groups in total. The van der Waals surface area contributed by atoms with Gasteiger partial charge in [-0.3, -0.25) is 0 Å². The predicted octanol–water partition coefficient (Wildman–Crippen LogP) is 3.52. The van der Waals surface area contributed by atoms with Crippen molar-refractivity contribution in [2.24, 2.45) is 11.7 Å². The summed E-state index contributed by atoms with van der Waals surface area (Å²) in [6.07, 6.45) is 0. The molecule has 0 saturated heterocycles. The molecule has 0 fully saturated rings. The minimum atomic E-state index is 0.512. The minimum absolute atomic E-state index is 0.512. The number of hydrogen-bond donors (Lipinski definition) is 1. The number of halogens is 2. The summed E-state index contributed by atoms with van der Waals surface area (Å²) >= 11 is 14.0. The Morgan fingerprint density at radius 3 is 2.75 bits per heavy atom. The Labute approximate surface area is 111 Å². The van der Waals surface area contributed by atoms with Gasteiger partial charge >= 0.3 is 0 Å². The van der Waals surface area contributed by atoms with E-state index < -0.39 is 0 Å². The molecule has 1 heterocycles. The van der Waals surface area contributed by atoms with Gasteiger partial charge in [0.25, 0.3) is 0 Å². The lowest BCUT2D eigenvalue weighted by Gasteiger charge is -2.10. The monoisotopic (exact) mass is 278 g/mol. The van der Waals surface area contributed by atoms with Gasteiger partial charge in [-0.25, -0.2) is 4.98 Å². The third-order valence-corrected chi connectivity index (χ3v) is 4.15. The number of nitrogens with zero attached hydrogens (tertiary/aromatic N) is 1. The summed E-state index contributed by atoms with van der Waals surface area (Å²) in [6, 6.07) is 1.84. The number of pyridine rings is 1. The van der Waals surface area contributed by atoms with Crippen molar-refractivity contribution in [3.05, 3.63) is 27.5 Å². The van der Waals surface area contributed by atoms with Crippen LogP contribution in [0.15, 0.2) is 6.07 Å². The van der Waals surface area contributed by atoms with E-state index in [1.54, 1.807) is 11.8 Å². The average molecular weight is 279 g/mol. The maximum Gasteiger partial charge on any atom is 0.134 e. The lowest BCUT2D eigenvalue weighted by atomic mass is 10.2. The highest BCUT2D eigenvalue weighted by Crippen LogP contribution is 2.28. The predicted molar refractivity (Wildman–Crippen MR) is 73.4 cm³/mol. The Hall–Kier alpha value is 0.0400. The van der Waals surface area contributed by atoms with Gasteiger partial charge in [-0.15, -0.1) is 0 Å². The molecule has 0 saturated carbocycles. The molecule has 90 valence electrons. The zero-order valence-electron chi connectivity index (χ0n) is 9.46. The van der Waals surface area contributed by atoms with Gasteiger partial charge in [0.1, 0.15) is 5.15 Å². The molecule has 16 heavy (non-hydrogen) atoms. The second kappa shape index (κ2) is 6.70. The highest BCUT2D eigenvalue weighted by atomic mass is 35.5. The molecule has 0 spiro atoms. The maximum atomic E-state index is 6.12. The highest BCUT2D eigenvalue weighted by molar-refractivity contribution is 7.98. The van der Waals surface area contributed by atoms with Crippen LogP contribution in [0.4, 0.5) is 0 Å². The van der Waals surface area contributed by atoms with E-state index in [0.29, 0.717) is 22.6 Å². The molecule has 0 aliphatic carbocycles. The second-order valence-electron chi connectivity index (χ2n) is 3.87. The van der Waals surface area contributed by atoms with Crippen molar-refractivity contribution in [2.45, 2.75) is 19.6 Å². The molecule has 0 aliphatic rings.